The predicted molar refractivity (Wildman–Crippen MR) is 95.6 cm³/mol. The number of aromatic nitrogens is 2. The van der Waals surface area contributed by atoms with E-state index in [1.807, 2.05) is 11.8 Å². The van der Waals surface area contributed by atoms with Crippen molar-refractivity contribution in [3.63, 3.8) is 0 Å². The summed E-state index contributed by atoms with van der Waals surface area (Å²) in [5, 5.41) is 4.44. The minimum Gasteiger partial charge on any atom is -0.337 e. The van der Waals surface area contributed by atoms with Crippen LogP contribution in [-0.4, -0.2) is 39.7 Å². The Bertz CT molecular complexity index is 776. The summed E-state index contributed by atoms with van der Waals surface area (Å²) in [6.07, 6.45) is 2.17. The van der Waals surface area contributed by atoms with Crippen LogP contribution in [0.25, 0.3) is 5.69 Å². The number of nitrogens with zero attached hydrogens (tertiary/aromatic N) is 3. The van der Waals surface area contributed by atoms with Crippen LogP contribution < -0.4 is 5.73 Å². The van der Waals surface area contributed by atoms with Crippen molar-refractivity contribution in [1.82, 2.24) is 14.7 Å². The second-order valence-corrected chi connectivity index (χ2v) is 6.93. The van der Waals surface area contributed by atoms with E-state index in [9.17, 15) is 9.18 Å². The molecule has 134 valence electrons. The van der Waals surface area contributed by atoms with Crippen LogP contribution in [0.2, 0.25) is 0 Å². The number of hydrogen-bond donors (Lipinski definition) is 1. The van der Waals surface area contributed by atoms with Gasteiger partial charge in [-0.2, -0.15) is 5.10 Å². The summed E-state index contributed by atoms with van der Waals surface area (Å²) in [4.78, 5) is 14.7. The molecule has 1 amide bonds. The zero-order valence-electron chi connectivity index (χ0n) is 14.1. The van der Waals surface area contributed by atoms with Crippen molar-refractivity contribution < 1.29 is 9.18 Å². The molecule has 1 aromatic carbocycles. The van der Waals surface area contributed by atoms with E-state index in [1.165, 1.54) is 12.1 Å². The number of carbonyl (C=O) groups excluding carboxylic acids is 1. The van der Waals surface area contributed by atoms with Crippen LogP contribution >= 0.6 is 12.4 Å². The quantitative estimate of drug-likeness (QED) is 0.890. The summed E-state index contributed by atoms with van der Waals surface area (Å²) in [6.45, 7) is 3.40. The highest BCUT2D eigenvalue weighted by molar-refractivity contribution is 5.92. The van der Waals surface area contributed by atoms with E-state index in [-0.39, 0.29) is 30.2 Å². The maximum atomic E-state index is 13.1. The second-order valence-electron chi connectivity index (χ2n) is 6.93. The molecule has 3 atom stereocenters. The molecule has 0 radical (unpaired) electrons. The highest BCUT2D eigenvalue weighted by atomic mass is 35.5. The molecule has 2 heterocycles. The Kier molecular flexibility index (Phi) is 4.84. The van der Waals surface area contributed by atoms with Gasteiger partial charge in [0, 0.05) is 24.8 Å². The first-order valence-corrected chi connectivity index (χ1v) is 8.40. The number of halogens is 2. The predicted octanol–water partition coefficient (Wildman–Crippen LogP) is 2.55. The lowest BCUT2D eigenvalue weighted by molar-refractivity contribution is 0.0773. The lowest BCUT2D eigenvalue weighted by Gasteiger charge is -2.17. The number of carbonyl (C=O) groups is 1. The third kappa shape index (κ3) is 3.16. The molecule has 1 saturated heterocycles. The third-order valence-corrected chi connectivity index (χ3v) is 5.38. The molecule has 7 heteroatoms. The van der Waals surface area contributed by atoms with Crippen molar-refractivity contribution in [2.75, 3.05) is 13.1 Å². The smallest absolute Gasteiger partial charge is 0.274 e. The van der Waals surface area contributed by atoms with Gasteiger partial charge in [0.05, 0.1) is 5.69 Å². The molecule has 2 fully saturated rings. The fourth-order valence-electron chi connectivity index (χ4n) is 4.06. The molecule has 2 aliphatic rings. The van der Waals surface area contributed by atoms with E-state index in [0.717, 1.165) is 37.3 Å². The highest BCUT2D eigenvalue weighted by Gasteiger charge is 2.43. The summed E-state index contributed by atoms with van der Waals surface area (Å²) in [5.41, 5.74) is 8.18. The summed E-state index contributed by atoms with van der Waals surface area (Å²) in [6, 6.07) is 8.10. The maximum absolute atomic E-state index is 13.1. The molecule has 3 unspecified atom stereocenters. The average Bonchev–Trinajstić information content (AvgIpc) is 3.24. The molecule has 1 aromatic heterocycles. The van der Waals surface area contributed by atoms with Crippen LogP contribution in [0.5, 0.6) is 0 Å². The monoisotopic (exact) mass is 364 g/mol. The average molecular weight is 365 g/mol. The van der Waals surface area contributed by atoms with Gasteiger partial charge >= 0.3 is 0 Å². The van der Waals surface area contributed by atoms with Gasteiger partial charge in [-0.25, -0.2) is 9.07 Å². The molecule has 1 aliphatic carbocycles. The molecule has 0 bridgehead atoms. The standard InChI is InChI=1S/C18H21FN4O.ClH/c1-11-8-17(21-23(11)14-5-3-13(19)4-6-14)18(24)22-9-12-2-7-16(20)15(12)10-22;/h3-6,8,12,15-16H,2,7,9-10,20H2,1H3;1H. The van der Waals surface area contributed by atoms with Crippen molar-refractivity contribution >= 4 is 18.3 Å². The Morgan fingerprint density at radius 2 is 1.96 bits per heavy atom. The van der Waals surface area contributed by atoms with Gasteiger partial charge in [-0.3, -0.25) is 4.79 Å². The van der Waals surface area contributed by atoms with Gasteiger partial charge in [-0.05, 0) is 61.9 Å². The number of amides is 1. The van der Waals surface area contributed by atoms with Crippen molar-refractivity contribution in [3.8, 4) is 5.69 Å². The first-order valence-electron chi connectivity index (χ1n) is 8.40. The number of hydrogen-bond acceptors (Lipinski definition) is 3. The highest BCUT2D eigenvalue weighted by Crippen LogP contribution is 2.37. The van der Waals surface area contributed by atoms with Gasteiger partial charge in [0.25, 0.3) is 5.91 Å². The lowest BCUT2D eigenvalue weighted by atomic mass is 9.98. The van der Waals surface area contributed by atoms with Crippen LogP contribution in [-0.2, 0) is 0 Å². The largest absolute Gasteiger partial charge is 0.337 e. The van der Waals surface area contributed by atoms with Crippen LogP contribution in [0.3, 0.4) is 0 Å². The molecular formula is C18H22ClFN4O. The van der Waals surface area contributed by atoms with E-state index in [1.54, 1.807) is 22.9 Å². The fourth-order valence-corrected chi connectivity index (χ4v) is 4.06. The van der Waals surface area contributed by atoms with Crippen molar-refractivity contribution in [2.45, 2.75) is 25.8 Å². The minimum atomic E-state index is -0.292. The molecule has 1 saturated carbocycles. The summed E-state index contributed by atoms with van der Waals surface area (Å²) < 4.78 is 14.8. The molecular weight excluding hydrogens is 343 g/mol. The SMILES string of the molecule is Cc1cc(C(=O)N2CC3CCC(N)C3C2)nn1-c1ccc(F)cc1.Cl. The molecule has 25 heavy (non-hydrogen) atoms. The Balaban J connectivity index is 0.00000182. The van der Waals surface area contributed by atoms with E-state index < -0.39 is 0 Å². The Labute approximate surface area is 152 Å². The zero-order chi connectivity index (χ0) is 16.8. The number of nitrogens with two attached hydrogens (primary N) is 1. The van der Waals surface area contributed by atoms with Gasteiger partial charge in [0.2, 0.25) is 0 Å². The van der Waals surface area contributed by atoms with E-state index in [2.05, 4.69) is 5.10 Å². The zero-order valence-corrected chi connectivity index (χ0v) is 14.9. The van der Waals surface area contributed by atoms with Gasteiger partial charge in [-0.1, -0.05) is 0 Å². The van der Waals surface area contributed by atoms with Crippen LogP contribution in [0, 0.1) is 24.6 Å². The first-order chi connectivity index (χ1) is 11.5. The number of fused-ring (bicyclic) bond motifs is 1. The Morgan fingerprint density at radius 1 is 1.24 bits per heavy atom. The molecule has 4 rings (SSSR count). The van der Waals surface area contributed by atoms with Gasteiger partial charge in [0.1, 0.15) is 5.82 Å². The topological polar surface area (TPSA) is 64.2 Å². The molecule has 2 aromatic rings. The molecule has 1 aliphatic heterocycles. The van der Waals surface area contributed by atoms with E-state index in [4.69, 9.17) is 5.73 Å². The Hall–Kier alpha value is -1.92. The molecule has 2 N–H and O–H groups in total. The van der Waals surface area contributed by atoms with Crippen LogP contribution in [0.15, 0.2) is 30.3 Å². The number of rotatable bonds is 2. The minimum absolute atomic E-state index is 0. The van der Waals surface area contributed by atoms with Crippen molar-refractivity contribution in [1.29, 1.82) is 0 Å². The first kappa shape index (κ1) is 17.9. The Morgan fingerprint density at radius 3 is 2.64 bits per heavy atom. The normalized spacial score (nSPS) is 24.9. The van der Waals surface area contributed by atoms with Crippen molar-refractivity contribution in [3.05, 3.63) is 47.5 Å². The van der Waals surface area contributed by atoms with E-state index >= 15 is 0 Å². The summed E-state index contributed by atoms with van der Waals surface area (Å²) >= 11 is 0. The summed E-state index contributed by atoms with van der Waals surface area (Å²) in [5.74, 6) is 0.624. The molecule has 0 spiro atoms. The van der Waals surface area contributed by atoms with Crippen LogP contribution in [0.1, 0.15) is 29.0 Å². The third-order valence-electron chi connectivity index (χ3n) is 5.38. The van der Waals surface area contributed by atoms with E-state index in [0.29, 0.717) is 17.5 Å². The lowest BCUT2D eigenvalue weighted by Crippen LogP contribution is -2.33. The number of likely N-dealkylation sites (tertiary alicyclic amines) is 1. The fraction of sp³-hybridized carbons (Fsp3) is 0.444. The summed E-state index contributed by atoms with van der Waals surface area (Å²) in [7, 11) is 0. The van der Waals surface area contributed by atoms with Gasteiger partial charge in [0.15, 0.2) is 5.69 Å². The number of benzene rings is 1. The van der Waals surface area contributed by atoms with Crippen molar-refractivity contribution in [2.24, 2.45) is 17.6 Å². The second kappa shape index (κ2) is 6.77. The van der Waals surface area contributed by atoms with Gasteiger partial charge in [-0.15, -0.1) is 12.4 Å². The van der Waals surface area contributed by atoms with Gasteiger partial charge < -0.3 is 10.6 Å². The molecule has 5 nitrogen and oxygen atoms in total. The van der Waals surface area contributed by atoms with Crippen LogP contribution in [0.4, 0.5) is 4.39 Å². The maximum Gasteiger partial charge on any atom is 0.274 e. The number of aryl methyl sites for hydroxylation is 1.